The summed E-state index contributed by atoms with van der Waals surface area (Å²) in [5.74, 6) is 2.83. The van der Waals surface area contributed by atoms with Crippen LogP contribution in [-0.2, 0) is 5.41 Å². The quantitative estimate of drug-likeness (QED) is 0.140. The van der Waals surface area contributed by atoms with Crippen LogP contribution in [0.2, 0.25) is 0 Å². The van der Waals surface area contributed by atoms with Gasteiger partial charge in [-0.25, -0.2) is 0 Å². The molecule has 4 saturated carbocycles. The monoisotopic (exact) mass is 898 g/mol. The van der Waals surface area contributed by atoms with Crippen LogP contribution >= 0.6 is 0 Å². The zero-order valence-electron chi connectivity index (χ0n) is 39.4. The maximum Gasteiger partial charge on any atom is 0.0547 e. The van der Waals surface area contributed by atoms with Gasteiger partial charge in [0.25, 0.3) is 0 Å². The molecule has 70 heavy (non-hydrogen) atoms. The molecular formula is C68H54N2. The van der Waals surface area contributed by atoms with Crippen LogP contribution in [0.3, 0.4) is 0 Å². The largest absolute Gasteiger partial charge is 0.310 e. The average molecular weight is 899 g/mol. The van der Waals surface area contributed by atoms with Gasteiger partial charge in [0.2, 0.25) is 0 Å². The lowest BCUT2D eigenvalue weighted by atomic mass is 9.48. The first-order valence-electron chi connectivity index (χ1n) is 25.5. The van der Waals surface area contributed by atoms with Gasteiger partial charge in [0.05, 0.1) is 11.0 Å². The van der Waals surface area contributed by atoms with E-state index in [0.717, 1.165) is 40.5 Å². The summed E-state index contributed by atoms with van der Waals surface area (Å²) in [5, 5.41) is 5.03. The zero-order valence-corrected chi connectivity index (χ0v) is 39.4. The van der Waals surface area contributed by atoms with E-state index in [9.17, 15) is 0 Å². The first-order valence-corrected chi connectivity index (χ1v) is 25.5. The van der Waals surface area contributed by atoms with Crippen molar-refractivity contribution in [2.24, 2.45) is 17.8 Å². The number of para-hydroxylation sites is 2. The highest BCUT2D eigenvalue weighted by Crippen LogP contribution is 2.61. The molecule has 336 valence electrons. The first-order chi connectivity index (χ1) is 34.6. The van der Waals surface area contributed by atoms with E-state index in [0.29, 0.717) is 5.41 Å². The van der Waals surface area contributed by atoms with Gasteiger partial charge in [-0.2, -0.15) is 0 Å². The second-order valence-electron chi connectivity index (χ2n) is 20.7. The minimum absolute atomic E-state index is 0.407. The third-order valence-electron chi connectivity index (χ3n) is 16.5. The van der Waals surface area contributed by atoms with Gasteiger partial charge in [-0.15, -0.1) is 0 Å². The van der Waals surface area contributed by atoms with Gasteiger partial charge in [0, 0.05) is 33.5 Å². The fraction of sp³-hybridized carbons (Fsp3) is 0.147. The second kappa shape index (κ2) is 16.6. The Labute approximate surface area is 411 Å². The molecule has 2 nitrogen and oxygen atoms in total. The molecule has 1 heterocycles. The van der Waals surface area contributed by atoms with Crippen molar-refractivity contribution in [3.05, 3.63) is 242 Å². The summed E-state index contributed by atoms with van der Waals surface area (Å²) in [5.41, 5.74) is 18.7. The number of fused-ring (bicyclic) bond motifs is 4. The maximum atomic E-state index is 2.48. The summed E-state index contributed by atoms with van der Waals surface area (Å²) in [6.07, 6.45) is 8.62. The fourth-order valence-electron chi connectivity index (χ4n) is 13.9. The van der Waals surface area contributed by atoms with Crippen LogP contribution in [0.1, 0.15) is 44.1 Å². The number of benzene rings is 10. The van der Waals surface area contributed by atoms with Crippen molar-refractivity contribution >= 4 is 49.6 Å². The molecule has 0 aliphatic heterocycles. The van der Waals surface area contributed by atoms with E-state index in [1.54, 1.807) is 5.56 Å². The van der Waals surface area contributed by atoms with Crippen molar-refractivity contribution in [2.45, 2.75) is 43.9 Å². The Bertz CT molecular complexity index is 3670. The molecular weight excluding hydrogens is 845 g/mol. The summed E-state index contributed by atoms with van der Waals surface area (Å²) in [7, 11) is 0. The van der Waals surface area contributed by atoms with E-state index < -0.39 is 0 Å². The molecule has 2 heteroatoms. The molecule has 4 aliphatic rings. The predicted octanol–water partition coefficient (Wildman–Crippen LogP) is 18.5. The lowest BCUT2D eigenvalue weighted by Gasteiger charge is -2.57. The number of hydrogen-bond donors (Lipinski definition) is 0. The Hall–Kier alpha value is -7.94. The molecule has 15 rings (SSSR count). The molecule has 0 saturated heterocycles. The molecule has 4 bridgehead atoms. The number of rotatable bonds is 9. The summed E-state index contributed by atoms with van der Waals surface area (Å²) < 4.78 is 2.41. The number of anilines is 3. The SMILES string of the molecule is c1ccc(-c2cccc3cccc(-c4ccc(N(c5ccc(-c6ccc(C78CC9CC(CC(C9)C7)C8)cc6)cc5)c5cccc(-c6cccc7c6c6ccccc6n7-c6ccccc6)c5)cc4)c23)cc1. The van der Waals surface area contributed by atoms with E-state index >= 15 is 0 Å². The molecule has 0 N–H and O–H groups in total. The molecule has 10 aromatic carbocycles. The van der Waals surface area contributed by atoms with Crippen LogP contribution in [0, 0.1) is 17.8 Å². The molecule has 4 fully saturated rings. The number of hydrogen-bond acceptors (Lipinski definition) is 1. The fourth-order valence-corrected chi connectivity index (χ4v) is 13.9. The van der Waals surface area contributed by atoms with Gasteiger partial charge in [-0.1, -0.05) is 176 Å². The number of aromatic nitrogens is 1. The van der Waals surface area contributed by atoms with Gasteiger partial charge < -0.3 is 9.47 Å². The average Bonchev–Trinajstić information content (AvgIpc) is 3.76. The minimum atomic E-state index is 0.407. The summed E-state index contributed by atoms with van der Waals surface area (Å²) >= 11 is 0. The van der Waals surface area contributed by atoms with Gasteiger partial charge in [0.1, 0.15) is 0 Å². The molecule has 0 atom stereocenters. The van der Waals surface area contributed by atoms with Crippen molar-refractivity contribution < 1.29 is 0 Å². The highest BCUT2D eigenvalue weighted by molar-refractivity contribution is 6.16. The van der Waals surface area contributed by atoms with E-state index in [1.807, 2.05) is 0 Å². The van der Waals surface area contributed by atoms with Crippen molar-refractivity contribution in [1.82, 2.24) is 4.57 Å². The van der Waals surface area contributed by atoms with Crippen LogP contribution < -0.4 is 4.90 Å². The Morgan fingerprint density at radius 3 is 1.49 bits per heavy atom. The molecule has 0 unspecified atom stereocenters. The summed E-state index contributed by atoms with van der Waals surface area (Å²) in [6, 6.07) is 87.9. The van der Waals surface area contributed by atoms with Crippen LogP contribution in [0.15, 0.2) is 237 Å². The van der Waals surface area contributed by atoms with Gasteiger partial charge in [-0.05, 0) is 183 Å². The van der Waals surface area contributed by atoms with E-state index in [4.69, 9.17) is 0 Å². The molecule has 1 aromatic heterocycles. The molecule has 11 aromatic rings. The van der Waals surface area contributed by atoms with E-state index in [1.165, 1.54) is 116 Å². The van der Waals surface area contributed by atoms with Gasteiger partial charge >= 0.3 is 0 Å². The van der Waals surface area contributed by atoms with E-state index in [2.05, 4.69) is 246 Å². The topological polar surface area (TPSA) is 8.17 Å². The van der Waals surface area contributed by atoms with Crippen LogP contribution in [0.4, 0.5) is 17.1 Å². The maximum absolute atomic E-state index is 2.48. The molecule has 0 spiro atoms. The Morgan fingerprint density at radius 2 is 0.843 bits per heavy atom. The Morgan fingerprint density at radius 1 is 0.357 bits per heavy atom. The number of nitrogens with zero attached hydrogens (tertiary/aromatic N) is 2. The molecule has 4 aliphatic carbocycles. The van der Waals surface area contributed by atoms with Crippen LogP contribution in [-0.4, -0.2) is 4.57 Å². The van der Waals surface area contributed by atoms with Crippen LogP contribution in [0.5, 0.6) is 0 Å². The predicted molar refractivity (Wildman–Crippen MR) is 295 cm³/mol. The van der Waals surface area contributed by atoms with Crippen molar-refractivity contribution in [3.63, 3.8) is 0 Å². The Kier molecular flexibility index (Phi) is 9.76. The third-order valence-corrected chi connectivity index (χ3v) is 16.5. The summed E-state index contributed by atoms with van der Waals surface area (Å²) in [4.78, 5) is 2.43. The highest BCUT2D eigenvalue weighted by Gasteiger charge is 2.51. The van der Waals surface area contributed by atoms with Crippen molar-refractivity contribution in [3.8, 4) is 50.2 Å². The standard InChI is InChI=1S/C68H54N2/c1-3-13-51(14-4-1)60-22-10-15-53-16-11-23-61(66(53)60)52-31-37-58(38-32-52)69(57-35-29-50(30-36-57)49-27-33-55(34-28-49)68-43-46-39-47(44-68)41-48(40-46)45-68)59-20-9-17-54(42-59)62-24-12-26-65-67(62)63-21-7-8-25-64(63)70(65)56-18-5-2-6-19-56/h1-38,42,46-48H,39-41,43-45H2. The first kappa shape index (κ1) is 41.1. The lowest BCUT2D eigenvalue weighted by molar-refractivity contribution is -0.00518. The molecule has 0 amide bonds. The third kappa shape index (κ3) is 6.91. The Balaban J connectivity index is 0.867. The van der Waals surface area contributed by atoms with Gasteiger partial charge in [0.15, 0.2) is 0 Å². The van der Waals surface area contributed by atoms with Crippen molar-refractivity contribution in [2.75, 3.05) is 4.90 Å². The normalized spacial score (nSPS) is 19.3. The second-order valence-corrected chi connectivity index (χ2v) is 20.7. The van der Waals surface area contributed by atoms with E-state index in [-0.39, 0.29) is 0 Å². The van der Waals surface area contributed by atoms with Crippen molar-refractivity contribution in [1.29, 1.82) is 0 Å². The highest BCUT2D eigenvalue weighted by atomic mass is 15.1. The van der Waals surface area contributed by atoms with Crippen LogP contribution in [0.25, 0.3) is 82.8 Å². The smallest absolute Gasteiger partial charge is 0.0547 e. The minimum Gasteiger partial charge on any atom is -0.310 e. The van der Waals surface area contributed by atoms with Gasteiger partial charge in [-0.3, -0.25) is 0 Å². The lowest BCUT2D eigenvalue weighted by Crippen LogP contribution is -2.48. The zero-order chi connectivity index (χ0) is 46.2. The molecule has 0 radical (unpaired) electrons. The summed E-state index contributed by atoms with van der Waals surface area (Å²) in [6.45, 7) is 0.